The van der Waals surface area contributed by atoms with Gasteiger partial charge in [-0.15, -0.1) is 0 Å². The van der Waals surface area contributed by atoms with Gasteiger partial charge in [0.25, 0.3) is 17.7 Å². The molecule has 0 bridgehead atoms. The number of carbonyl (C=O) groups is 3. The molecule has 0 aromatic heterocycles. The number of para-hydroxylation sites is 1. The molecule has 3 aromatic rings. The Bertz CT molecular complexity index is 1340. The minimum absolute atomic E-state index is 0.0612. The summed E-state index contributed by atoms with van der Waals surface area (Å²) in [5, 5.41) is 5.56. The van der Waals surface area contributed by atoms with E-state index in [1.807, 2.05) is 25.1 Å². The van der Waals surface area contributed by atoms with E-state index < -0.39 is 11.8 Å². The van der Waals surface area contributed by atoms with Gasteiger partial charge in [-0.1, -0.05) is 29.8 Å². The average Bonchev–Trinajstić information content (AvgIpc) is 3.05. The van der Waals surface area contributed by atoms with Crippen LogP contribution in [0.5, 0.6) is 5.75 Å². The van der Waals surface area contributed by atoms with Gasteiger partial charge >= 0.3 is 0 Å². The number of ether oxygens (including phenoxy) is 1. The highest BCUT2D eigenvalue weighted by Gasteiger charge is 2.39. The van der Waals surface area contributed by atoms with E-state index in [1.165, 1.54) is 7.11 Å². The lowest BCUT2D eigenvalue weighted by Gasteiger charge is -2.16. The average molecular weight is 541 g/mol. The third-order valence-electron chi connectivity index (χ3n) is 5.24. The van der Waals surface area contributed by atoms with Crippen LogP contribution < -0.4 is 20.3 Å². The van der Waals surface area contributed by atoms with E-state index in [4.69, 9.17) is 16.3 Å². The lowest BCUT2D eigenvalue weighted by Crippen LogP contribution is -2.32. The highest BCUT2D eigenvalue weighted by atomic mass is 79.9. The summed E-state index contributed by atoms with van der Waals surface area (Å²) in [7, 11) is 1.52. The number of methoxy groups -OCH3 is 1. The summed E-state index contributed by atoms with van der Waals surface area (Å²) in [5.74, 6) is -0.973. The third kappa shape index (κ3) is 4.55. The van der Waals surface area contributed by atoms with Crippen molar-refractivity contribution < 1.29 is 19.1 Å². The van der Waals surface area contributed by atoms with E-state index in [-0.39, 0.29) is 16.6 Å². The van der Waals surface area contributed by atoms with Crippen LogP contribution in [-0.2, 0) is 9.59 Å². The maximum absolute atomic E-state index is 13.1. The standard InChI is InChI=1S/C25H19BrClN3O4/c1-14-7-8-15(23(31)29-19-6-4-3-5-18(19)26)13-20(14)28-22-21(27)24(32)30(25(22)33)16-9-11-17(34-2)12-10-16/h3-13,28H,1-2H3,(H,29,31). The highest BCUT2D eigenvalue weighted by Crippen LogP contribution is 2.32. The molecule has 0 fully saturated rings. The number of rotatable bonds is 6. The molecule has 4 rings (SSSR count). The molecule has 0 saturated carbocycles. The second kappa shape index (κ2) is 9.70. The molecular formula is C25H19BrClN3O4. The van der Waals surface area contributed by atoms with E-state index in [1.54, 1.807) is 48.5 Å². The summed E-state index contributed by atoms with van der Waals surface area (Å²) in [4.78, 5) is 39.6. The Labute approximate surface area is 209 Å². The molecule has 3 amide bonds. The lowest BCUT2D eigenvalue weighted by molar-refractivity contribution is -0.120. The number of aryl methyl sites for hydroxylation is 1. The Hall–Kier alpha value is -3.62. The van der Waals surface area contributed by atoms with E-state index >= 15 is 0 Å². The van der Waals surface area contributed by atoms with Crippen LogP contribution in [0, 0.1) is 6.92 Å². The predicted octanol–water partition coefficient (Wildman–Crippen LogP) is 5.45. The Morgan fingerprint density at radius 2 is 1.68 bits per heavy atom. The minimum Gasteiger partial charge on any atom is -0.497 e. The number of imide groups is 1. The van der Waals surface area contributed by atoms with E-state index in [0.717, 1.165) is 14.9 Å². The van der Waals surface area contributed by atoms with Gasteiger partial charge < -0.3 is 15.4 Å². The molecular weight excluding hydrogens is 522 g/mol. The summed E-state index contributed by atoms with van der Waals surface area (Å²) in [6, 6.07) is 18.8. The fourth-order valence-corrected chi connectivity index (χ4v) is 3.96. The van der Waals surface area contributed by atoms with E-state index in [0.29, 0.717) is 28.4 Å². The molecule has 0 spiro atoms. The maximum Gasteiger partial charge on any atom is 0.283 e. The number of anilines is 3. The molecule has 1 aliphatic heterocycles. The van der Waals surface area contributed by atoms with Crippen molar-refractivity contribution in [2.75, 3.05) is 22.6 Å². The van der Waals surface area contributed by atoms with Crippen molar-refractivity contribution in [1.29, 1.82) is 0 Å². The SMILES string of the molecule is COc1ccc(N2C(=O)C(Cl)=C(Nc3cc(C(=O)Nc4ccccc4Br)ccc3C)C2=O)cc1. The highest BCUT2D eigenvalue weighted by molar-refractivity contribution is 9.10. The van der Waals surface area contributed by atoms with Gasteiger partial charge in [0.1, 0.15) is 16.5 Å². The van der Waals surface area contributed by atoms with Crippen LogP contribution in [-0.4, -0.2) is 24.8 Å². The van der Waals surface area contributed by atoms with Gasteiger partial charge in [-0.25, -0.2) is 4.90 Å². The number of hydrogen-bond acceptors (Lipinski definition) is 5. The number of nitrogens with zero attached hydrogens (tertiary/aromatic N) is 1. The van der Waals surface area contributed by atoms with Crippen LogP contribution in [0.25, 0.3) is 0 Å². The van der Waals surface area contributed by atoms with E-state index in [2.05, 4.69) is 26.6 Å². The number of amides is 3. The molecule has 0 saturated heterocycles. The fraction of sp³-hybridized carbons (Fsp3) is 0.0800. The monoisotopic (exact) mass is 539 g/mol. The first-order chi connectivity index (χ1) is 16.3. The Morgan fingerprint density at radius 3 is 2.35 bits per heavy atom. The van der Waals surface area contributed by atoms with Crippen molar-refractivity contribution in [2.45, 2.75) is 6.92 Å². The first kappa shape index (κ1) is 23.5. The van der Waals surface area contributed by atoms with Crippen molar-refractivity contribution in [3.8, 4) is 5.75 Å². The smallest absolute Gasteiger partial charge is 0.283 e. The largest absolute Gasteiger partial charge is 0.497 e. The van der Waals surface area contributed by atoms with Crippen molar-refractivity contribution in [2.24, 2.45) is 0 Å². The minimum atomic E-state index is -0.639. The topological polar surface area (TPSA) is 87.7 Å². The van der Waals surface area contributed by atoms with E-state index in [9.17, 15) is 14.4 Å². The molecule has 0 atom stereocenters. The van der Waals surface area contributed by atoms with Gasteiger partial charge in [0, 0.05) is 15.7 Å². The molecule has 0 unspecified atom stereocenters. The van der Waals surface area contributed by atoms with Crippen molar-refractivity contribution in [3.05, 3.63) is 93.1 Å². The third-order valence-corrected chi connectivity index (χ3v) is 6.28. The number of carbonyl (C=O) groups excluding carboxylic acids is 3. The molecule has 34 heavy (non-hydrogen) atoms. The summed E-state index contributed by atoms with van der Waals surface area (Å²) < 4.78 is 5.87. The molecule has 3 aromatic carbocycles. The van der Waals surface area contributed by atoms with Gasteiger partial charge in [0.2, 0.25) is 0 Å². The zero-order valence-electron chi connectivity index (χ0n) is 18.2. The Morgan fingerprint density at radius 1 is 0.971 bits per heavy atom. The molecule has 9 heteroatoms. The fourth-order valence-electron chi connectivity index (χ4n) is 3.37. The number of nitrogens with one attached hydrogen (secondary N) is 2. The summed E-state index contributed by atoms with van der Waals surface area (Å²) in [6.07, 6.45) is 0. The molecule has 1 aliphatic rings. The molecule has 2 N–H and O–H groups in total. The first-order valence-corrected chi connectivity index (χ1v) is 11.3. The second-order valence-corrected chi connectivity index (χ2v) is 8.65. The van der Waals surface area contributed by atoms with Gasteiger partial charge in [-0.3, -0.25) is 14.4 Å². The number of halogens is 2. The van der Waals surface area contributed by atoms with Crippen LogP contribution in [0.2, 0.25) is 0 Å². The number of benzene rings is 3. The van der Waals surface area contributed by atoms with Crippen molar-refractivity contribution in [3.63, 3.8) is 0 Å². The predicted molar refractivity (Wildman–Crippen MR) is 135 cm³/mol. The molecule has 7 nitrogen and oxygen atoms in total. The summed E-state index contributed by atoms with van der Waals surface area (Å²) in [6.45, 7) is 1.81. The van der Waals surface area contributed by atoms with Crippen molar-refractivity contribution in [1.82, 2.24) is 0 Å². The Balaban J connectivity index is 1.58. The molecule has 172 valence electrons. The summed E-state index contributed by atoms with van der Waals surface area (Å²) in [5.41, 5.74) is 2.53. The molecule has 0 radical (unpaired) electrons. The second-order valence-electron chi connectivity index (χ2n) is 7.42. The first-order valence-electron chi connectivity index (χ1n) is 10.2. The van der Waals surface area contributed by atoms with Crippen molar-refractivity contribution >= 4 is 62.3 Å². The number of hydrogen-bond donors (Lipinski definition) is 2. The zero-order chi connectivity index (χ0) is 24.4. The van der Waals surface area contributed by atoms with Crippen LogP contribution in [0.15, 0.2) is 81.9 Å². The zero-order valence-corrected chi connectivity index (χ0v) is 20.5. The van der Waals surface area contributed by atoms with Gasteiger partial charge in [0.15, 0.2) is 0 Å². The Kier molecular flexibility index (Phi) is 6.72. The normalized spacial score (nSPS) is 13.4. The van der Waals surface area contributed by atoms with Crippen LogP contribution in [0.4, 0.5) is 17.1 Å². The van der Waals surface area contributed by atoms with Crippen LogP contribution >= 0.6 is 27.5 Å². The lowest BCUT2D eigenvalue weighted by atomic mass is 10.1. The summed E-state index contributed by atoms with van der Waals surface area (Å²) >= 11 is 9.66. The molecule has 0 aliphatic carbocycles. The van der Waals surface area contributed by atoms with Crippen LogP contribution in [0.3, 0.4) is 0 Å². The van der Waals surface area contributed by atoms with Crippen LogP contribution in [0.1, 0.15) is 15.9 Å². The van der Waals surface area contributed by atoms with Gasteiger partial charge in [-0.05, 0) is 76.9 Å². The quantitative estimate of drug-likeness (QED) is 0.406. The van der Waals surface area contributed by atoms with Gasteiger partial charge in [0.05, 0.1) is 18.5 Å². The maximum atomic E-state index is 13.1. The molecule has 1 heterocycles. The van der Waals surface area contributed by atoms with Gasteiger partial charge in [-0.2, -0.15) is 0 Å².